The molecule has 0 unspecified atom stereocenters. The van der Waals surface area contributed by atoms with Crippen molar-refractivity contribution in [1.82, 2.24) is 4.31 Å². The van der Waals surface area contributed by atoms with E-state index in [-0.39, 0.29) is 23.7 Å². The Morgan fingerprint density at radius 3 is 2.39 bits per heavy atom. The Morgan fingerprint density at radius 1 is 1.11 bits per heavy atom. The number of nitro groups is 1. The van der Waals surface area contributed by atoms with Crippen LogP contribution in [0.3, 0.4) is 0 Å². The van der Waals surface area contributed by atoms with Crippen LogP contribution in [0.4, 0.5) is 11.4 Å². The summed E-state index contributed by atoms with van der Waals surface area (Å²) in [6, 6.07) is 13.0. The molecule has 28 heavy (non-hydrogen) atoms. The first-order valence-electron chi connectivity index (χ1n) is 8.58. The van der Waals surface area contributed by atoms with Crippen LogP contribution in [0.15, 0.2) is 58.6 Å². The van der Waals surface area contributed by atoms with Gasteiger partial charge in [-0.2, -0.15) is 4.31 Å². The number of nitro benzene ring substituents is 1. The predicted octanol–water partition coefficient (Wildman–Crippen LogP) is 2.09. The van der Waals surface area contributed by atoms with Crippen molar-refractivity contribution in [1.29, 1.82) is 0 Å². The van der Waals surface area contributed by atoms with Gasteiger partial charge < -0.3 is 9.74 Å². The molecule has 0 aliphatic carbocycles. The number of rotatable bonds is 6. The normalized spacial score (nSPS) is 15.7. The molecule has 0 atom stereocenters. The van der Waals surface area contributed by atoms with Crippen molar-refractivity contribution in [2.75, 3.05) is 38.2 Å². The summed E-state index contributed by atoms with van der Waals surface area (Å²) in [4.78, 5) is 17.7. The molecular weight excluding hydrogens is 384 g/mol. The molecule has 1 aliphatic heterocycles. The van der Waals surface area contributed by atoms with E-state index < -0.39 is 14.9 Å². The summed E-state index contributed by atoms with van der Waals surface area (Å²) in [5.41, 5.74) is 0.943. The number of oxime groups is 1. The summed E-state index contributed by atoms with van der Waals surface area (Å²) >= 11 is 0. The summed E-state index contributed by atoms with van der Waals surface area (Å²) in [5.74, 6) is 0. The Balaban J connectivity index is 1.78. The highest BCUT2D eigenvalue weighted by Crippen LogP contribution is 2.30. The Kier molecular flexibility index (Phi) is 5.90. The lowest BCUT2D eigenvalue weighted by Crippen LogP contribution is -2.48. The van der Waals surface area contributed by atoms with E-state index in [2.05, 4.69) is 9.99 Å². The molecule has 0 saturated carbocycles. The molecule has 1 saturated heterocycles. The van der Waals surface area contributed by atoms with Crippen LogP contribution in [0.5, 0.6) is 0 Å². The van der Waals surface area contributed by atoms with Gasteiger partial charge in [0.2, 0.25) is 10.0 Å². The maximum absolute atomic E-state index is 12.7. The minimum Gasteiger partial charge on any atom is -0.399 e. The summed E-state index contributed by atoms with van der Waals surface area (Å²) < 4.78 is 26.9. The molecule has 148 valence electrons. The van der Waals surface area contributed by atoms with Crippen molar-refractivity contribution in [2.45, 2.75) is 4.90 Å². The third kappa shape index (κ3) is 4.12. The molecule has 0 N–H and O–H groups in total. The predicted molar refractivity (Wildman–Crippen MR) is 105 cm³/mol. The van der Waals surface area contributed by atoms with E-state index in [1.807, 2.05) is 4.90 Å². The number of benzene rings is 2. The molecule has 1 aliphatic rings. The number of anilines is 1. The van der Waals surface area contributed by atoms with Gasteiger partial charge in [0, 0.05) is 37.8 Å². The third-order valence-corrected chi connectivity index (χ3v) is 6.38. The lowest BCUT2D eigenvalue weighted by Gasteiger charge is -2.35. The molecule has 0 aromatic heterocycles. The Labute approximate surface area is 163 Å². The van der Waals surface area contributed by atoms with Crippen molar-refractivity contribution >= 4 is 27.6 Å². The Hall–Kier alpha value is -2.98. The van der Waals surface area contributed by atoms with Crippen molar-refractivity contribution in [3.05, 3.63) is 64.2 Å². The van der Waals surface area contributed by atoms with Crippen molar-refractivity contribution in [2.24, 2.45) is 5.16 Å². The smallest absolute Gasteiger partial charge is 0.293 e. The minimum atomic E-state index is -3.57. The van der Waals surface area contributed by atoms with Gasteiger partial charge in [-0.1, -0.05) is 29.4 Å². The average Bonchev–Trinajstić information content (AvgIpc) is 2.72. The zero-order chi connectivity index (χ0) is 20.1. The molecule has 3 rings (SSSR count). The van der Waals surface area contributed by atoms with Crippen molar-refractivity contribution in [3.63, 3.8) is 0 Å². The fraction of sp³-hybridized carbons (Fsp3) is 0.278. The van der Waals surface area contributed by atoms with Crippen LogP contribution in [0.1, 0.15) is 5.56 Å². The molecule has 9 nitrogen and oxygen atoms in total. The Morgan fingerprint density at radius 2 is 1.79 bits per heavy atom. The first-order valence-corrected chi connectivity index (χ1v) is 10.0. The third-order valence-electron chi connectivity index (χ3n) is 4.46. The first kappa shape index (κ1) is 19.8. The average molecular weight is 404 g/mol. The maximum Gasteiger partial charge on any atom is 0.293 e. The fourth-order valence-electron chi connectivity index (χ4n) is 3.06. The van der Waals surface area contributed by atoms with E-state index in [4.69, 9.17) is 0 Å². The molecular formula is C18H20N4O5S. The highest BCUT2D eigenvalue weighted by Gasteiger charge is 2.30. The number of hydrogen-bond acceptors (Lipinski definition) is 7. The van der Waals surface area contributed by atoms with Gasteiger partial charge >= 0.3 is 0 Å². The van der Waals surface area contributed by atoms with E-state index in [9.17, 15) is 18.5 Å². The Bertz CT molecular complexity index is 971. The van der Waals surface area contributed by atoms with Crippen LogP contribution < -0.4 is 4.90 Å². The van der Waals surface area contributed by atoms with E-state index in [1.54, 1.807) is 42.5 Å². The number of piperazine rings is 1. The van der Waals surface area contributed by atoms with Crippen LogP contribution in [0.25, 0.3) is 0 Å². The second kappa shape index (κ2) is 8.36. The zero-order valence-electron chi connectivity index (χ0n) is 15.3. The van der Waals surface area contributed by atoms with Gasteiger partial charge in [0.25, 0.3) is 5.69 Å². The van der Waals surface area contributed by atoms with E-state index in [1.165, 1.54) is 23.7 Å². The monoisotopic (exact) mass is 404 g/mol. The lowest BCUT2D eigenvalue weighted by molar-refractivity contribution is -0.384. The first-order chi connectivity index (χ1) is 13.4. The van der Waals surface area contributed by atoms with E-state index in [0.29, 0.717) is 24.3 Å². The van der Waals surface area contributed by atoms with Crippen LogP contribution in [0, 0.1) is 10.1 Å². The SMILES string of the molecule is CO/N=C\c1ccc(N2CCN(S(=O)(=O)c3ccccc3)CC2)c([N+](=O)[O-])c1. The van der Waals surface area contributed by atoms with Crippen LogP contribution in [-0.4, -0.2) is 57.1 Å². The number of hydrogen-bond donors (Lipinski definition) is 0. The summed E-state index contributed by atoms with van der Waals surface area (Å²) in [6.07, 6.45) is 1.39. The molecule has 10 heteroatoms. The highest BCUT2D eigenvalue weighted by atomic mass is 32.2. The highest BCUT2D eigenvalue weighted by molar-refractivity contribution is 7.89. The molecule has 1 heterocycles. The van der Waals surface area contributed by atoms with Gasteiger partial charge in [-0.05, 0) is 18.2 Å². The minimum absolute atomic E-state index is 0.0561. The molecule has 2 aromatic carbocycles. The second-order valence-corrected chi connectivity index (χ2v) is 8.06. The molecule has 0 radical (unpaired) electrons. The molecule has 0 spiro atoms. The molecule has 0 bridgehead atoms. The quantitative estimate of drug-likeness (QED) is 0.415. The fourth-order valence-corrected chi connectivity index (χ4v) is 4.50. The van der Waals surface area contributed by atoms with Gasteiger partial charge in [0.05, 0.1) is 16.0 Å². The van der Waals surface area contributed by atoms with Gasteiger partial charge in [-0.15, -0.1) is 0 Å². The largest absolute Gasteiger partial charge is 0.399 e. The summed E-state index contributed by atoms with van der Waals surface area (Å²) in [6.45, 7) is 1.22. The summed E-state index contributed by atoms with van der Waals surface area (Å²) in [5, 5.41) is 15.1. The maximum atomic E-state index is 12.7. The van der Waals surface area contributed by atoms with Gasteiger partial charge in [0.1, 0.15) is 12.8 Å². The van der Waals surface area contributed by atoms with E-state index in [0.717, 1.165) is 0 Å². The second-order valence-electron chi connectivity index (χ2n) is 6.13. The topological polar surface area (TPSA) is 105 Å². The molecule has 0 amide bonds. The standard InChI is InChI=1S/C18H20N4O5S/c1-27-19-14-15-7-8-17(18(13-15)22(23)24)20-9-11-21(12-10-20)28(25,26)16-5-3-2-4-6-16/h2-8,13-14H,9-12H2,1H3/b19-14-. The molecule has 1 fully saturated rings. The summed E-state index contributed by atoms with van der Waals surface area (Å²) in [7, 11) is -2.18. The van der Waals surface area contributed by atoms with E-state index >= 15 is 0 Å². The van der Waals surface area contributed by atoms with Crippen LogP contribution >= 0.6 is 0 Å². The number of sulfonamides is 1. The number of nitrogens with zero attached hydrogens (tertiary/aromatic N) is 4. The van der Waals surface area contributed by atoms with Gasteiger partial charge in [-0.3, -0.25) is 10.1 Å². The van der Waals surface area contributed by atoms with Crippen LogP contribution in [-0.2, 0) is 14.9 Å². The van der Waals surface area contributed by atoms with Crippen molar-refractivity contribution in [3.8, 4) is 0 Å². The molecule has 2 aromatic rings. The van der Waals surface area contributed by atoms with Crippen LogP contribution in [0.2, 0.25) is 0 Å². The zero-order valence-corrected chi connectivity index (χ0v) is 16.1. The lowest BCUT2D eigenvalue weighted by atomic mass is 10.1. The van der Waals surface area contributed by atoms with Gasteiger partial charge in [0.15, 0.2) is 0 Å². The van der Waals surface area contributed by atoms with Crippen molar-refractivity contribution < 1.29 is 18.2 Å². The van der Waals surface area contributed by atoms with Gasteiger partial charge in [-0.25, -0.2) is 8.42 Å².